The number of H-pyrrole nitrogens is 1. The van der Waals surface area contributed by atoms with Crippen LogP contribution in [0.2, 0.25) is 0 Å². The first-order chi connectivity index (χ1) is 16.0. The second-order valence-corrected chi connectivity index (χ2v) is 10.6. The average molecular weight is 491 g/mol. The number of aryl methyl sites for hydroxylation is 2. The molecule has 33 heavy (non-hydrogen) atoms. The highest BCUT2D eigenvalue weighted by Crippen LogP contribution is 2.34. The number of nitrogens with one attached hydrogen (secondary N) is 2. The van der Waals surface area contributed by atoms with Crippen molar-refractivity contribution in [2.75, 3.05) is 30.3 Å². The van der Waals surface area contributed by atoms with Crippen LogP contribution in [-0.4, -0.2) is 41.3 Å². The first-order valence-electron chi connectivity index (χ1n) is 11.1. The number of nitrogens with zero attached hydrogens (tertiary/aromatic N) is 2. The molecule has 0 bridgehead atoms. The molecular weight excluding hydrogens is 466 g/mol. The number of fused-ring (bicyclic) bond motifs is 3. The highest BCUT2D eigenvalue weighted by Gasteiger charge is 2.24. The van der Waals surface area contributed by atoms with E-state index in [4.69, 9.17) is 0 Å². The van der Waals surface area contributed by atoms with E-state index in [1.807, 2.05) is 4.90 Å². The van der Waals surface area contributed by atoms with Gasteiger partial charge in [0.05, 0.1) is 16.9 Å². The van der Waals surface area contributed by atoms with E-state index in [1.54, 1.807) is 17.4 Å². The topological polar surface area (TPSA) is 78.1 Å². The molecule has 1 fully saturated rings. The molecule has 174 valence electrons. The van der Waals surface area contributed by atoms with Crippen LogP contribution in [-0.2, 0) is 23.4 Å². The molecule has 2 aliphatic rings. The largest absolute Gasteiger partial charge is 0.371 e. The second kappa shape index (κ2) is 9.42. The second-order valence-electron chi connectivity index (χ2n) is 8.55. The number of aromatic amines is 1. The standard InChI is InChI=1S/C23H24F2N4O2S2/c24-16-5-4-14(8-17(16)25)29-7-6-13(10-29)9-26-20(30)12-32-11-19-27-22(31)21-15-2-1-3-18(15)33-23(21)28-19/h4-5,8,13H,1-3,6-7,9-12H2,(H,26,30)(H,27,28,31). The Morgan fingerprint density at radius 2 is 2.18 bits per heavy atom. The predicted molar refractivity (Wildman–Crippen MR) is 128 cm³/mol. The molecule has 1 aromatic carbocycles. The van der Waals surface area contributed by atoms with Crippen molar-refractivity contribution in [3.8, 4) is 0 Å². The van der Waals surface area contributed by atoms with Gasteiger partial charge in [-0.2, -0.15) is 0 Å². The van der Waals surface area contributed by atoms with E-state index in [0.717, 1.165) is 54.1 Å². The fraction of sp³-hybridized carbons (Fsp3) is 0.435. The van der Waals surface area contributed by atoms with Gasteiger partial charge in [0.2, 0.25) is 5.91 Å². The van der Waals surface area contributed by atoms with E-state index in [-0.39, 0.29) is 23.1 Å². The zero-order valence-corrected chi connectivity index (χ0v) is 19.6. The van der Waals surface area contributed by atoms with Gasteiger partial charge < -0.3 is 15.2 Å². The van der Waals surface area contributed by atoms with E-state index in [0.29, 0.717) is 30.4 Å². The van der Waals surface area contributed by atoms with Crippen LogP contribution >= 0.6 is 23.1 Å². The highest BCUT2D eigenvalue weighted by molar-refractivity contribution is 7.99. The van der Waals surface area contributed by atoms with Gasteiger partial charge in [-0.15, -0.1) is 23.1 Å². The molecular formula is C23H24F2N4O2S2. The third-order valence-corrected chi connectivity index (χ3v) is 8.37. The summed E-state index contributed by atoms with van der Waals surface area (Å²) in [6.07, 6.45) is 3.96. The maximum absolute atomic E-state index is 13.5. The van der Waals surface area contributed by atoms with Crippen LogP contribution in [0.25, 0.3) is 10.2 Å². The van der Waals surface area contributed by atoms with Crippen molar-refractivity contribution < 1.29 is 13.6 Å². The number of hydrogen-bond acceptors (Lipinski definition) is 6. The molecule has 1 aliphatic carbocycles. The Bertz CT molecular complexity index is 1260. The van der Waals surface area contributed by atoms with Crippen LogP contribution in [0.3, 0.4) is 0 Å². The van der Waals surface area contributed by atoms with Gasteiger partial charge in [0.15, 0.2) is 11.6 Å². The van der Waals surface area contributed by atoms with Crippen molar-refractivity contribution in [2.45, 2.75) is 31.4 Å². The van der Waals surface area contributed by atoms with E-state index in [9.17, 15) is 18.4 Å². The zero-order chi connectivity index (χ0) is 22.9. The molecule has 1 atom stereocenters. The van der Waals surface area contributed by atoms with Crippen molar-refractivity contribution in [1.29, 1.82) is 0 Å². The smallest absolute Gasteiger partial charge is 0.259 e. The minimum absolute atomic E-state index is 0.0650. The number of aromatic nitrogens is 2. The van der Waals surface area contributed by atoms with Crippen molar-refractivity contribution in [1.82, 2.24) is 15.3 Å². The number of benzene rings is 1. The van der Waals surface area contributed by atoms with Crippen LogP contribution in [0, 0.1) is 17.6 Å². The van der Waals surface area contributed by atoms with Crippen molar-refractivity contribution in [2.24, 2.45) is 5.92 Å². The Morgan fingerprint density at radius 1 is 1.30 bits per heavy atom. The van der Waals surface area contributed by atoms with Gasteiger partial charge in [-0.05, 0) is 49.3 Å². The van der Waals surface area contributed by atoms with Gasteiger partial charge in [-0.25, -0.2) is 13.8 Å². The Kier molecular flexibility index (Phi) is 6.38. The molecule has 1 amide bonds. The third kappa shape index (κ3) is 4.77. The number of amides is 1. The van der Waals surface area contributed by atoms with E-state index >= 15 is 0 Å². The van der Waals surface area contributed by atoms with Gasteiger partial charge >= 0.3 is 0 Å². The molecule has 3 heterocycles. The fourth-order valence-electron chi connectivity index (χ4n) is 4.58. The lowest BCUT2D eigenvalue weighted by molar-refractivity contribution is -0.118. The summed E-state index contributed by atoms with van der Waals surface area (Å²) < 4.78 is 26.6. The number of carbonyl (C=O) groups excluding carboxylic acids is 1. The van der Waals surface area contributed by atoms with E-state index in [1.165, 1.54) is 22.7 Å². The number of halogens is 2. The number of thioether (sulfide) groups is 1. The molecule has 10 heteroatoms. The van der Waals surface area contributed by atoms with Crippen molar-refractivity contribution in [3.05, 3.63) is 56.5 Å². The van der Waals surface area contributed by atoms with Crippen LogP contribution < -0.4 is 15.8 Å². The van der Waals surface area contributed by atoms with Crippen molar-refractivity contribution in [3.63, 3.8) is 0 Å². The first kappa shape index (κ1) is 22.3. The van der Waals surface area contributed by atoms with E-state index in [2.05, 4.69) is 15.3 Å². The summed E-state index contributed by atoms with van der Waals surface area (Å²) in [7, 11) is 0. The molecule has 0 radical (unpaired) electrons. The van der Waals surface area contributed by atoms with Crippen LogP contribution in [0.1, 0.15) is 29.1 Å². The summed E-state index contributed by atoms with van der Waals surface area (Å²) >= 11 is 3.03. The van der Waals surface area contributed by atoms with Crippen LogP contribution in [0.15, 0.2) is 23.0 Å². The number of carbonyl (C=O) groups is 1. The summed E-state index contributed by atoms with van der Waals surface area (Å²) in [4.78, 5) is 36.4. The third-order valence-electron chi connectivity index (χ3n) is 6.24. The maximum Gasteiger partial charge on any atom is 0.259 e. The van der Waals surface area contributed by atoms with Gasteiger partial charge in [-0.3, -0.25) is 9.59 Å². The molecule has 2 N–H and O–H groups in total. The van der Waals surface area contributed by atoms with Gasteiger partial charge in [0, 0.05) is 36.3 Å². The maximum atomic E-state index is 13.5. The predicted octanol–water partition coefficient (Wildman–Crippen LogP) is 3.63. The molecule has 3 aromatic rings. The molecule has 1 aliphatic heterocycles. The van der Waals surface area contributed by atoms with Gasteiger partial charge in [-0.1, -0.05) is 0 Å². The van der Waals surface area contributed by atoms with Gasteiger partial charge in [0.1, 0.15) is 10.7 Å². The summed E-state index contributed by atoms with van der Waals surface area (Å²) in [5.74, 6) is -0.158. The lowest BCUT2D eigenvalue weighted by Crippen LogP contribution is -2.32. The zero-order valence-electron chi connectivity index (χ0n) is 18.0. The Morgan fingerprint density at radius 3 is 3.03 bits per heavy atom. The fourth-order valence-corrected chi connectivity index (χ4v) is 6.58. The van der Waals surface area contributed by atoms with Crippen LogP contribution in [0.4, 0.5) is 14.5 Å². The number of hydrogen-bond donors (Lipinski definition) is 2. The quantitative estimate of drug-likeness (QED) is 0.529. The summed E-state index contributed by atoms with van der Waals surface area (Å²) in [6.45, 7) is 1.98. The molecule has 0 spiro atoms. The van der Waals surface area contributed by atoms with Gasteiger partial charge in [0.25, 0.3) is 5.56 Å². The minimum atomic E-state index is -0.850. The normalized spacial score (nSPS) is 17.6. The molecule has 5 rings (SSSR count). The highest BCUT2D eigenvalue weighted by atomic mass is 32.2. The summed E-state index contributed by atoms with van der Waals surface area (Å²) in [5.41, 5.74) is 1.75. The molecule has 6 nitrogen and oxygen atoms in total. The molecule has 1 unspecified atom stereocenters. The summed E-state index contributed by atoms with van der Waals surface area (Å²) in [5, 5.41) is 3.70. The Hall–Kier alpha value is -2.46. The molecule has 1 saturated heterocycles. The first-order valence-corrected chi connectivity index (χ1v) is 13.0. The lowest BCUT2D eigenvalue weighted by atomic mass is 10.1. The number of rotatable bonds is 7. The van der Waals surface area contributed by atoms with E-state index < -0.39 is 11.6 Å². The lowest BCUT2D eigenvalue weighted by Gasteiger charge is -2.19. The van der Waals surface area contributed by atoms with Crippen molar-refractivity contribution >= 4 is 44.9 Å². The Labute approximate surface area is 197 Å². The number of anilines is 1. The SMILES string of the molecule is O=C(CSCc1nc2sc3c(c2c(=O)[nH]1)CCC3)NCC1CCN(c2ccc(F)c(F)c2)C1. The Balaban J connectivity index is 1.08. The molecule has 0 saturated carbocycles. The monoisotopic (exact) mass is 490 g/mol. The molecule has 2 aromatic heterocycles. The number of thiophene rings is 1. The summed E-state index contributed by atoms with van der Waals surface area (Å²) in [6, 6.07) is 3.93. The average Bonchev–Trinajstić information content (AvgIpc) is 3.50. The van der Waals surface area contributed by atoms with Crippen LogP contribution in [0.5, 0.6) is 0 Å². The minimum Gasteiger partial charge on any atom is -0.371 e.